The number of hydrogen-bond acceptors (Lipinski definition) is 5. The first kappa shape index (κ1) is 17.4. The summed E-state index contributed by atoms with van der Waals surface area (Å²) in [6, 6.07) is 9.63. The average Bonchev–Trinajstić information content (AvgIpc) is 2.54. The van der Waals surface area contributed by atoms with Crippen molar-refractivity contribution in [1.82, 2.24) is 4.90 Å². The summed E-state index contributed by atoms with van der Waals surface area (Å²) in [5.41, 5.74) is -5.14. The van der Waals surface area contributed by atoms with Crippen LogP contribution in [-0.2, 0) is 14.3 Å². The molecule has 0 radical (unpaired) electrons. The van der Waals surface area contributed by atoms with Crippen LogP contribution in [0.3, 0.4) is 0 Å². The fourth-order valence-corrected chi connectivity index (χ4v) is 3.02. The predicted octanol–water partition coefficient (Wildman–Crippen LogP) is 2.30. The maximum absolute atomic E-state index is 12.4. The van der Waals surface area contributed by atoms with Gasteiger partial charge in [0.05, 0.1) is 13.2 Å². The molecule has 1 aliphatic rings. The largest absolute Gasteiger partial charge is 0.523 e. The normalized spacial score (nSPS) is 15.1. The summed E-state index contributed by atoms with van der Waals surface area (Å²) in [4.78, 5) is 25.6. The molecule has 25 heavy (non-hydrogen) atoms. The molecule has 132 valence electrons. The Hall–Kier alpha value is -2.46. The zero-order valence-electron chi connectivity index (χ0n) is 12.4. The number of imide groups is 1. The molecule has 0 saturated heterocycles. The molecule has 0 atom stereocenters. The van der Waals surface area contributed by atoms with E-state index in [-0.39, 0.29) is 11.1 Å². The monoisotopic (exact) mass is 373 g/mol. The highest BCUT2D eigenvalue weighted by atomic mass is 32.2. The molecule has 0 aromatic heterocycles. The highest BCUT2D eigenvalue weighted by Gasteiger charge is 2.47. The van der Waals surface area contributed by atoms with Crippen molar-refractivity contribution in [1.29, 1.82) is 0 Å². The summed E-state index contributed by atoms with van der Waals surface area (Å²) in [5.74, 6) is -1.44. The number of nitrogens with zero attached hydrogens (tertiary/aromatic N) is 1. The smallest absolute Gasteiger partial charge is 0.272 e. The van der Waals surface area contributed by atoms with Crippen LogP contribution in [0.1, 0.15) is 20.7 Å². The van der Waals surface area contributed by atoms with E-state index in [2.05, 4.69) is 4.18 Å². The number of halogens is 3. The second-order valence-electron chi connectivity index (χ2n) is 5.19. The summed E-state index contributed by atoms with van der Waals surface area (Å²) < 4.78 is 62.3. The minimum Gasteiger partial charge on any atom is -0.272 e. The number of hydrogen-bond donors (Lipinski definition) is 0. The lowest BCUT2D eigenvalue weighted by Crippen LogP contribution is -2.42. The third-order valence-electron chi connectivity index (χ3n) is 3.69. The Morgan fingerprint density at radius 1 is 0.960 bits per heavy atom. The Kier molecular flexibility index (Phi) is 4.04. The molecule has 2 aromatic carbocycles. The molecule has 0 N–H and O–H groups in total. The van der Waals surface area contributed by atoms with E-state index in [9.17, 15) is 31.2 Å². The quantitative estimate of drug-likeness (QED) is 0.467. The van der Waals surface area contributed by atoms with Gasteiger partial charge in [0.1, 0.15) is 0 Å². The van der Waals surface area contributed by atoms with Gasteiger partial charge < -0.3 is 0 Å². The van der Waals surface area contributed by atoms with Gasteiger partial charge in [0.15, 0.2) is 0 Å². The molecule has 10 heteroatoms. The summed E-state index contributed by atoms with van der Waals surface area (Å²) in [6.07, 6.45) is 0. The van der Waals surface area contributed by atoms with E-state index < -0.39 is 40.6 Å². The first-order valence-electron chi connectivity index (χ1n) is 6.97. The number of benzene rings is 2. The summed E-state index contributed by atoms with van der Waals surface area (Å²) >= 11 is 0. The Balaban J connectivity index is 1.86. The lowest BCUT2D eigenvalue weighted by molar-refractivity contribution is -0.0543. The molecule has 0 unspecified atom stereocenters. The van der Waals surface area contributed by atoms with Gasteiger partial charge in [-0.05, 0) is 17.5 Å². The van der Waals surface area contributed by atoms with Crippen molar-refractivity contribution < 1.29 is 35.4 Å². The molecule has 0 spiro atoms. The molecule has 0 fully saturated rings. The molecule has 3 rings (SSSR count). The molecule has 1 heterocycles. The van der Waals surface area contributed by atoms with Crippen LogP contribution in [0.15, 0.2) is 36.4 Å². The molecule has 0 bridgehead atoms. The third-order valence-corrected chi connectivity index (χ3v) is 4.74. The summed E-state index contributed by atoms with van der Waals surface area (Å²) in [6.45, 7) is -1.62. The van der Waals surface area contributed by atoms with E-state index in [1.807, 2.05) is 0 Å². The number of carbonyl (C=O) groups excluding carboxylic acids is 2. The van der Waals surface area contributed by atoms with Crippen LogP contribution in [0.5, 0.6) is 0 Å². The third kappa shape index (κ3) is 2.87. The van der Waals surface area contributed by atoms with Gasteiger partial charge in [0, 0.05) is 16.5 Å². The van der Waals surface area contributed by atoms with Gasteiger partial charge in [-0.1, -0.05) is 24.3 Å². The molecule has 0 aliphatic carbocycles. The molecule has 2 aromatic rings. The summed E-state index contributed by atoms with van der Waals surface area (Å²) in [7, 11) is -5.78. The van der Waals surface area contributed by atoms with Crippen LogP contribution in [0.25, 0.3) is 10.8 Å². The van der Waals surface area contributed by atoms with Gasteiger partial charge in [-0.3, -0.25) is 18.7 Å². The minimum atomic E-state index is -5.78. The van der Waals surface area contributed by atoms with Crippen LogP contribution in [0, 0.1) is 0 Å². The lowest BCUT2D eigenvalue weighted by Gasteiger charge is -2.27. The van der Waals surface area contributed by atoms with E-state index in [4.69, 9.17) is 0 Å². The molecular weight excluding hydrogens is 363 g/mol. The van der Waals surface area contributed by atoms with E-state index >= 15 is 0 Å². The topological polar surface area (TPSA) is 80.8 Å². The minimum absolute atomic E-state index is 0.214. The van der Waals surface area contributed by atoms with Crippen LogP contribution >= 0.6 is 0 Å². The number of carbonyl (C=O) groups is 2. The molecule has 1 aliphatic heterocycles. The van der Waals surface area contributed by atoms with Crippen molar-refractivity contribution in [2.24, 2.45) is 0 Å². The maximum atomic E-state index is 12.4. The standard InChI is InChI=1S/C15H10F3NO5S/c16-15(17,18)25(22,23)24-8-7-19-13(20)10-5-1-3-9-4-2-6-11(12(9)10)14(19)21/h1-6H,7-8H2. The highest BCUT2D eigenvalue weighted by Crippen LogP contribution is 2.30. The Bertz CT molecular complexity index is 934. The Morgan fingerprint density at radius 3 is 1.96 bits per heavy atom. The summed E-state index contributed by atoms with van der Waals surface area (Å²) in [5, 5.41) is 1.13. The van der Waals surface area contributed by atoms with Crippen LogP contribution in [-0.4, -0.2) is 43.8 Å². The van der Waals surface area contributed by atoms with Crippen molar-refractivity contribution in [3.63, 3.8) is 0 Å². The fourth-order valence-electron chi connectivity index (χ4n) is 2.59. The van der Waals surface area contributed by atoms with E-state index in [1.54, 1.807) is 24.3 Å². The number of amides is 2. The number of rotatable bonds is 4. The van der Waals surface area contributed by atoms with E-state index in [0.717, 1.165) is 0 Å². The van der Waals surface area contributed by atoms with Gasteiger partial charge >= 0.3 is 15.6 Å². The maximum Gasteiger partial charge on any atom is 0.523 e. The van der Waals surface area contributed by atoms with Crippen LogP contribution in [0.2, 0.25) is 0 Å². The molecule has 0 saturated carbocycles. The Morgan fingerprint density at radius 2 is 1.48 bits per heavy atom. The highest BCUT2D eigenvalue weighted by molar-refractivity contribution is 7.87. The van der Waals surface area contributed by atoms with Crippen LogP contribution < -0.4 is 0 Å². The zero-order chi connectivity index (χ0) is 18.4. The molecular formula is C15H10F3NO5S. The lowest BCUT2D eigenvalue weighted by atomic mass is 9.94. The van der Waals surface area contributed by atoms with Gasteiger partial charge in [0.2, 0.25) is 0 Å². The van der Waals surface area contributed by atoms with Crippen molar-refractivity contribution in [3.8, 4) is 0 Å². The predicted molar refractivity (Wildman–Crippen MR) is 80.2 cm³/mol. The first-order chi connectivity index (χ1) is 11.6. The van der Waals surface area contributed by atoms with Crippen molar-refractivity contribution in [2.75, 3.05) is 13.2 Å². The molecule has 2 amide bonds. The fraction of sp³-hybridized carbons (Fsp3) is 0.200. The van der Waals surface area contributed by atoms with Gasteiger partial charge in [0.25, 0.3) is 11.8 Å². The SMILES string of the molecule is O=C1c2cccc3cccc(c23)C(=O)N1CCOS(=O)(=O)C(F)(F)F. The molecule has 6 nitrogen and oxygen atoms in total. The van der Waals surface area contributed by atoms with E-state index in [0.29, 0.717) is 15.7 Å². The van der Waals surface area contributed by atoms with Gasteiger partial charge in [-0.25, -0.2) is 0 Å². The van der Waals surface area contributed by atoms with Crippen LogP contribution in [0.4, 0.5) is 13.2 Å². The van der Waals surface area contributed by atoms with Crippen molar-refractivity contribution in [2.45, 2.75) is 5.51 Å². The van der Waals surface area contributed by atoms with Gasteiger partial charge in [-0.15, -0.1) is 0 Å². The second-order valence-corrected chi connectivity index (χ2v) is 6.80. The van der Waals surface area contributed by atoms with Crippen molar-refractivity contribution >= 4 is 32.7 Å². The number of alkyl halides is 3. The Labute approximate surface area is 139 Å². The average molecular weight is 373 g/mol. The van der Waals surface area contributed by atoms with Gasteiger partial charge in [-0.2, -0.15) is 21.6 Å². The second kappa shape index (κ2) is 5.81. The zero-order valence-corrected chi connectivity index (χ0v) is 13.2. The van der Waals surface area contributed by atoms with E-state index in [1.165, 1.54) is 12.1 Å². The van der Waals surface area contributed by atoms with Crippen molar-refractivity contribution in [3.05, 3.63) is 47.5 Å². The first-order valence-corrected chi connectivity index (χ1v) is 8.38.